The van der Waals surface area contributed by atoms with Crippen molar-refractivity contribution in [2.45, 2.75) is 6.42 Å². The van der Waals surface area contributed by atoms with Gasteiger partial charge in [-0.2, -0.15) is 0 Å². The molecule has 2 aromatic rings. The first kappa shape index (κ1) is 14.5. The van der Waals surface area contributed by atoms with Crippen LogP contribution in [0.25, 0.3) is 0 Å². The summed E-state index contributed by atoms with van der Waals surface area (Å²) in [7, 11) is 1.33. The Hall–Kier alpha value is -2.89. The summed E-state index contributed by atoms with van der Waals surface area (Å²) >= 11 is 0. The summed E-state index contributed by atoms with van der Waals surface area (Å²) in [6.07, 6.45) is 0.169. The SMILES string of the molecule is COC(=O)Cc1ccc(Oc2ccccc2[N+](=O)[O-])cc1. The summed E-state index contributed by atoms with van der Waals surface area (Å²) in [5.41, 5.74) is 0.674. The van der Waals surface area contributed by atoms with Gasteiger partial charge in [0, 0.05) is 6.07 Å². The van der Waals surface area contributed by atoms with Crippen molar-refractivity contribution in [2.75, 3.05) is 7.11 Å². The summed E-state index contributed by atoms with van der Waals surface area (Å²) in [6, 6.07) is 12.9. The Morgan fingerprint density at radius 3 is 2.43 bits per heavy atom. The van der Waals surface area contributed by atoms with Crippen LogP contribution in [0, 0.1) is 10.1 Å². The molecule has 108 valence electrons. The number of benzene rings is 2. The third kappa shape index (κ3) is 3.79. The maximum absolute atomic E-state index is 11.1. The van der Waals surface area contributed by atoms with E-state index in [-0.39, 0.29) is 23.8 Å². The molecule has 0 saturated heterocycles. The lowest BCUT2D eigenvalue weighted by Crippen LogP contribution is -2.04. The molecule has 0 bridgehead atoms. The highest BCUT2D eigenvalue weighted by molar-refractivity contribution is 5.72. The fraction of sp³-hybridized carbons (Fsp3) is 0.133. The predicted octanol–water partition coefficient (Wildman–Crippen LogP) is 3.10. The van der Waals surface area contributed by atoms with Gasteiger partial charge in [-0.25, -0.2) is 0 Å². The molecule has 6 nitrogen and oxygen atoms in total. The van der Waals surface area contributed by atoms with Gasteiger partial charge in [-0.1, -0.05) is 24.3 Å². The first-order chi connectivity index (χ1) is 10.1. The smallest absolute Gasteiger partial charge is 0.311 e. The number of hydrogen-bond donors (Lipinski definition) is 0. The van der Waals surface area contributed by atoms with Crippen LogP contribution < -0.4 is 4.74 Å². The molecule has 0 heterocycles. The highest BCUT2D eigenvalue weighted by Gasteiger charge is 2.14. The van der Waals surface area contributed by atoms with E-state index in [1.807, 2.05) is 0 Å². The quantitative estimate of drug-likeness (QED) is 0.479. The third-order valence-corrected chi connectivity index (χ3v) is 2.79. The van der Waals surface area contributed by atoms with E-state index in [0.29, 0.717) is 5.75 Å². The number of rotatable bonds is 5. The minimum absolute atomic E-state index is 0.101. The minimum atomic E-state index is -0.499. The number of hydrogen-bond acceptors (Lipinski definition) is 5. The van der Waals surface area contributed by atoms with Gasteiger partial charge in [-0.3, -0.25) is 14.9 Å². The Kier molecular flexibility index (Phi) is 4.50. The van der Waals surface area contributed by atoms with Crippen LogP contribution in [0.5, 0.6) is 11.5 Å². The zero-order chi connectivity index (χ0) is 15.2. The highest BCUT2D eigenvalue weighted by Crippen LogP contribution is 2.30. The van der Waals surface area contributed by atoms with Crippen molar-refractivity contribution in [2.24, 2.45) is 0 Å². The molecule has 0 fully saturated rings. The second-order valence-electron chi connectivity index (χ2n) is 4.22. The number of esters is 1. The molecule has 0 saturated carbocycles. The second-order valence-corrected chi connectivity index (χ2v) is 4.22. The molecule has 0 N–H and O–H groups in total. The van der Waals surface area contributed by atoms with Crippen molar-refractivity contribution in [1.82, 2.24) is 0 Å². The van der Waals surface area contributed by atoms with Crippen LogP contribution in [0.1, 0.15) is 5.56 Å². The molecule has 0 radical (unpaired) electrons. The molecule has 0 atom stereocenters. The number of methoxy groups -OCH3 is 1. The van der Waals surface area contributed by atoms with Crippen LogP contribution in [0.15, 0.2) is 48.5 Å². The summed E-state index contributed by atoms with van der Waals surface area (Å²) in [5, 5.41) is 10.9. The van der Waals surface area contributed by atoms with Crippen LogP contribution in [0.4, 0.5) is 5.69 Å². The zero-order valence-corrected chi connectivity index (χ0v) is 11.3. The highest BCUT2D eigenvalue weighted by atomic mass is 16.6. The number of para-hydroxylation sites is 2. The Balaban J connectivity index is 2.14. The van der Waals surface area contributed by atoms with Gasteiger partial charge in [0.15, 0.2) is 0 Å². The monoisotopic (exact) mass is 287 g/mol. The van der Waals surface area contributed by atoms with E-state index < -0.39 is 4.92 Å². The molecular weight excluding hydrogens is 274 g/mol. The van der Waals surface area contributed by atoms with Crippen LogP contribution >= 0.6 is 0 Å². The number of ether oxygens (including phenoxy) is 2. The lowest BCUT2D eigenvalue weighted by molar-refractivity contribution is -0.385. The van der Waals surface area contributed by atoms with Gasteiger partial charge in [-0.15, -0.1) is 0 Å². The first-order valence-corrected chi connectivity index (χ1v) is 6.17. The summed E-state index contributed by atoms with van der Waals surface area (Å²) in [6.45, 7) is 0. The maximum atomic E-state index is 11.1. The molecule has 6 heteroatoms. The molecule has 2 aromatic carbocycles. The number of nitro groups is 1. The normalized spacial score (nSPS) is 9.95. The van der Waals surface area contributed by atoms with E-state index in [0.717, 1.165) is 5.56 Å². The molecular formula is C15H13NO5. The molecule has 0 unspecified atom stereocenters. The standard InChI is InChI=1S/C15H13NO5/c1-20-15(17)10-11-6-8-12(9-7-11)21-14-5-3-2-4-13(14)16(18)19/h2-9H,10H2,1H3. The van der Waals surface area contributed by atoms with Gasteiger partial charge in [0.05, 0.1) is 18.5 Å². The molecule has 0 aliphatic rings. The van der Waals surface area contributed by atoms with Crippen LogP contribution in [-0.2, 0) is 16.0 Å². The van der Waals surface area contributed by atoms with Gasteiger partial charge in [0.2, 0.25) is 5.75 Å². The van der Waals surface area contributed by atoms with E-state index in [1.165, 1.54) is 19.2 Å². The average Bonchev–Trinajstić information content (AvgIpc) is 2.49. The summed E-state index contributed by atoms with van der Waals surface area (Å²) < 4.78 is 10.1. The third-order valence-electron chi connectivity index (χ3n) is 2.79. The molecule has 0 aliphatic heterocycles. The van der Waals surface area contributed by atoms with Gasteiger partial charge in [0.1, 0.15) is 5.75 Å². The van der Waals surface area contributed by atoms with Crippen LogP contribution in [0.3, 0.4) is 0 Å². The lowest BCUT2D eigenvalue weighted by Gasteiger charge is -2.07. The summed E-state index contributed by atoms with van der Waals surface area (Å²) in [5.74, 6) is 0.295. The molecule has 21 heavy (non-hydrogen) atoms. The van der Waals surface area contributed by atoms with Gasteiger partial charge >= 0.3 is 11.7 Å². The van der Waals surface area contributed by atoms with E-state index in [4.69, 9.17) is 4.74 Å². The predicted molar refractivity (Wildman–Crippen MR) is 75.3 cm³/mol. The van der Waals surface area contributed by atoms with Crippen molar-refractivity contribution in [3.05, 3.63) is 64.2 Å². The van der Waals surface area contributed by atoms with E-state index in [1.54, 1.807) is 36.4 Å². The Bertz CT molecular complexity index is 651. The van der Waals surface area contributed by atoms with Gasteiger partial charge in [0.25, 0.3) is 0 Å². The number of nitro benzene ring substituents is 1. The fourth-order valence-corrected chi connectivity index (χ4v) is 1.74. The van der Waals surface area contributed by atoms with E-state index in [9.17, 15) is 14.9 Å². The van der Waals surface area contributed by atoms with Crippen LogP contribution in [-0.4, -0.2) is 18.0 Å². The Morgan fingerprint density at radius 1 is 1.14 bits per heavy atom. The van der Waals surface area contributed by atoms with E-state index >= 15 is 0 Å². The van der Waals surface area contributed by atoms with Crippen molar-refractivity contribution in [3.8, 4) is 11.5 Å². The molecule has 2 rings (SSSR count). The Labute approximate surface area is 121 Å². The van der Waals surface area contributed by atoms with Gasteiger partial charge in [-0.05, 0) is 23.8 Å². The number of carbonyl (C=O) groups is 1. The fourth-order valence-electron chi connectivity index (χ4n) is 1.74. The largest absolute Gasteiger partial charge is 0.469 e. The van der Waals surface area contributed by atoms with Crippen molar-refractivity contribution < 1.29 is 19.2 Å². The lowest BCUT2D eigenvalue weighted by atomic mass is 10.1. The van der Waals surface area contributed by atoms with Crippen molar-refractivity contribution >= 4 is 11.7 Å². The Morgan fingerprint density at radius 2 is 1.81 bits per heavy atom. The maximum Gasteiger partial charge on any atom is 0.311 e. The summed E-state index contributed by atoms with van der Waals surface area (Å²) in [4.78, 5) is 21.5. The number of carbonyl (C=O) groups excluding carboxylic acids is 1. The molecule has 0 amide bonds. The minimum Gasteiger partial charge on any atom is -0.469 e. The topological polar surface area (TPSA) is 78.7 Å². The van der Waals surface area contributed by atoms with Crippen molar-refractivity contribution in [1.29, 1.82) is 0 Å². The first-order valence-electron chi connectivity index (χ1n) is 6.17. The molecule has 0 aromatic heterocycles. The molecule has 0 aliphatic carbocycles. The number of nitrogens with zero attached hydrogens (tertiary/aromatic N) is 1. The average molecular weight is 287 g/mol. The van der Waals surface area contributed by atoms with E-state index in [2.05, 4.69) is 4.74 Å². The van der Waals surface area contributed by atoms with Crippen molar-refractivity contribution in [3.63, 3.8) is 0 Å². The van der Waals surface area contributed by atoms with Crippen LogP contribution in [0.2, 0.25) is 0 Å². The van der Waals surface area contributed by atoms with Gasteiger partial charge < -0.3 is 9.47 Å². The molecule has 0 spiro atoms. The second kappa shape index (κ2) is 6.51. The zero-order valence-electron chi connectivity index (χ0n) is 11.3.